The smallest absolute Gasteiger partial charge is 0.338 e. The Balaban J connectivity index is 1.56. The molecule has 0 radical (unpaired) electrons. The molecule has 1 aliphatic carbocycles. The first kappa shape index (κ1) is 22.6. The van der Waals surface area contributed by atoms with Crippen molar-refractivity contribution in [2.24, 2.45) is 17.8 Å². The summed E-state index contributed by atoms with van der Waals surface area (Å²) in [5.74, 6) is -0.455. The van der Waals surface area contributed by atoms with Gasteiger partial charge in [-0.3, -0.25) is 19.7 Å². The SMILES string of the molecule is CC(C)[C@H]1CC[C@@H](C)C[C@@H]1OC(=O)c1ccc2c(c1)C(=O)N(c1ccc([N+](=O)[O-])cc1)C2=O. The number of anilines is 1. The van der Waals surface area contributed by atoms with Crippen molar-refractivity contribution in [3.63, 3.8) is 0 Å². The van der Waals surface area contributed by atoms with Gasteiger partial charge >= 0.3 is 5.97 Å². The molecule has 0 N–H and O–H groups in total. The summed E-state index contributed by atoms with van der Waals surface area (Å²) in [6.45, 7) is 6.42. The Bertz CT molecular complexity index is 1120. The molecule has 33 heavy (non-hydrogen) atoms. The lowest BCUT2D eigenvalue weighted by atomic mass is 9.75. The molecule has 0 unspecified atom stereocenters. The van der Waals surface area contributed by atoms with Crippen LogP contribution < -0.4 is 4.90 Å². The lowest BCUT2D eigenvalue weighted by Gasteiger charge is -2.36. The Morgan fingerprint density at radius 1 is 1.06 bits per heavy atom. The van der Waals surface area contributed by atoms with Gasteiger partial charge in [0, 0.05) is 12.1 Å². The van der Waals surface area contributed by atoms with E-state index in [9.17, 15) is 24.5 Å². The zero-order chi connectivity index (χ0) is 23.9. The number of carbonyl (C=O) groups excluding carboxylic acids is 3. The van der Waals surface area contributed by atoms with Gasteiger partial charge in [-0.2, -0.15) is 0 Å². The van der Waals surface area contributed by atoms with Crippen LogP contribution in [-0.4, -0.2) is 28.8 Å². The second-order valence-electron chi connectivity index (χ2n) is 9.25. The van der Waals surface area contributed by atoms with E-state index < -0.39 is 22.7 Å². The summed E-state index contributed by atoms with van der Waals surface area (Å²) < 4.78 is 5.88. The molecule has 1 fully saturated rings. The molecule has 3 atom stereocenters. The highest BCUT2D eigenvalue weighted by molar-refractivity contribution is 6.34. The van der Waals surface area contributed by atoms with Gasteiger partial charge < -0.3 is 4.74 Å². The number of nitrogens with zero attached hydrogens (tertiary/aromatic N) is 2. The summed E-state index contributed by atoms with van der Waals surface area (Å²) in [7, 11) is 0. The van der Waals surface area contributed by atoms with Gasteiger partial charge in [-0.05, 0) is 60.9 Å². The van der Waals surface area contributed by atoms with E-state index in [1.54, 1.807) is 0 Å². The fourth-order valence-corrected chi connectivity index (χ4v) is 4.78. The van der Waals surface area contributed by atoms with E-state index in [1.165, 1.54) is 42.5 Å². The quantitative estimate of drug-likeness (QED) is 0.274. The predicted molar refractivity (Wildman–Crippen MR) is 121 cm³/mol. The lowest BCUT2D eigenvalue weighted by molar-refractivity contribution is -0.384. The molecule has 1 aliphatic heterocycles. The number of benzene rings is 2. The molecule has 2 amide bonds. The van der Waals surface area contributed by atoms with Crippen LogP contribution in [0.15, 0.2) is 42.5 Å². The number of hydrogen-bond donors (Lipinski definition) is 0. The second kappa shape index (κ2) is 8.77. The fraction of sp³-hybridized carbons (Fsp3) is 0.400. The van der Waals surface area contributed by atoms with Crippen LogP contribution in [-0.2, 0) is 4.74 Å². The zero-order valence-corrected chi connectivity index (χ0v) is 18.8. The number of nitro groups is 1. The van der Waals surface area contributed by atoms with Crippen LogP contribution in [0.1, 0.15) is 71.1 Å². The molecule has 2 aliphatic rings. The number of carbonyl (C=O) groups is 3. The minimum atomic E-state index is -0.579. The number of rotatable bonds is 5. The van der Waals surface area contributed by atoms with E-state index in [4.69, 9.17) is 4.74 Å². The first-order valence-electron chi connectivity index (χ1n) is 11.2. The molecule has 0 aromatic heterocycles. The van der Waals surface area contributed by atoms with Crippen molar-refractivity contribution in [3.8, 4) is 0 Å². The van der Waals surface area contributed by atoms with Crippen molar-refractivity contribution in [2.45, 2.75) is 46.1 Å². The zero-order valence-electron chi connectivity index (χ0n) is 18.8. The molecule has 0 saturated heterocycles. The third kappa shape index (κ3) is 4.25. The molecule has 172 valence electrons. The van der Waals surface area contributed by atoms with Crippen molar-refractivity contribution >= 4 is 29.2 Å². The number of nitro benzene ring substituents is 1. The van der Waals surface area contributed by atoms with Crippen molar-refractivity contribution in [3.05, 3.63) is 69.3 Å². The summed E-state index contributed by atoms with van der Waals surface area (Å²) >= 11 is 0. The van der Waals surface area contributed by atoms with Gasteiger partial charge in [-0.25, -0.2) is 9.69 Å². The number of ether oxygens (including phenoxy) is 1. The number of hydrogen-bond acceptors (Lipinski definition) is 6. The minimum absolute atomic E-state index is 0.116. The molecule has 4 rings (SSSR count). The maximum atomic E-state index is 13.0. The van der Waals surface area contributed by atoms with Crippen LogP contribution in [0.3, 0.4) is 0 Å². The average Bonchev–Trinajstić information content (AvgIpc) is 3.03. The number of amides is 2. The molecule has 0 bridgehead atoms. The monoisotopic (exact) mass is 450 g/mol. The minimum Gasteiger partial charge on any atom is -0.458 e. The van der Waals surface area contributed by atoms with Crippen molar-refractivity contribution in [2.75, 3.05) is 4.90 Å². The third-order valence-corrected chi connectivity index (χ3v) is 6.66. The van der Waals surface area contributed by atoms with Gasteiger partial charge in [0.15, 0.2) is 0 Å². The molecule has 0 spiro atoms. The molecule has 2 aromatic carbocycles. The molecule has 8 heteroatoms. The second-order valence-corrected chi connectivity index (χ2v) is 9.25. The molecular formula is C25H26N2O6. The Kier molecular flexibility index (Phi) is 6.01. The Morgan fingerprint density at radius 3 is 2.36 bits per heavy atom. The Hall–Kier alpha value is -3.55. The van der Waals surface area contributed by atoms with E-state index in [0.29, 0.717) is 17.8 Å². The first-order valence-corrected chi connectivity index (χ1v) is 11.2. The van der Waals surface area contributed by atoms with Crippen molar-refractivity contribution in [1.29, 1.82) is 0 Å². The number of esters is 1. The lowest BCUT2D eigenvalue weighted by Crippen LogP contribution is -2.35. The van der Waals surface area contributed by atoms with Crippen molar-refractivity contribution < 1.29 is 24.0 Å². The summed E-state index contributed by atoms with van der Waals surface area (Å²) in [5.41, 5.74) is 0.608. The van der Waals surface area contributed by atoms with Gasteiger partial charge in [0.1, 0.15) is 6.10 Å². The van der Waals surface area contributed by atoms with Crippen LogP contribution in [0.25, 0.3) is 0 Å². The molecule has 8 nitrogen and oxygen atoms in total. The van der Waals surface area contributed by atoms with Crippen LogP contribution >= 0.6 is 0 Å². The fourth-order valence-electron chi connectivity index (χ4n) is 4.78. The van der Waals surface area contributed by atoms with Gasteiger partial charge in [-0.1, -0.05) is 27.2 Å². The summed E-state index contributed by atoms with van der Waals surface area (Å²) in [4.78, 5) is 50.0. The van der Waals surface area contributed by atoms with E-state index in [1.807, 2.05) is 0 Å². The Morgan fingerprint density at radius 2 is 1.73 bits per heavy atom. The number of non-ortho nitro benzene ring substituents is 1. The van der Waals surface area contributed by atoms with E-state index >= 15 is 0 Å². The molecule has 1 saturated carbocycles. The van der Waals surface area contributed by atoms with Gasteiger partial charge in [-0.15, -0.1) is 0 Å². The topological polar surface area (TPSA) is 107 Å². The van der Waals surface area contributed by atoms with Crippen LogP contribution in [0.5, 0.6) is 0 Å². The van der Waals surface area contributed by atoms with Crippen molar-refractivity contribution in [1.82, 2.24) is 0 Å². The number of imide groups is 1. The summed E-state index contributed by atoms with van der Waals surface area (Å²) in [5, 5.41) is 10.9. The largest absolute Gasteiger partial charge is 0.458 e. The molecule has 1 heterocycles. The van der Waals surface area contributed by atoms with Gasteiger partial charge in [0.25, 0.3) is 17.5 Å². The Labute approximate surface area is 191 Å². The van der Waals surface area contributed by atoms with E-state index in [2.05, 4.69) is 20.8 Å². The highest BCUT2D eigenvalue weighted by Gasteiger charge is 2.38. The average molecular weight is 450 g/mol. The van der Waals surface area contributed by atoms with E-state index in [-0.39, 0.29) is 34.2 Å². The highest BCUT2D eigenvalue weighted by Crippen LogP contribution is 2.36. The van der Waals surface area contributed by atoms with Crippen LogP contribution in [0.2, 0.25) is 0 Å². The summed E-state index contributed by atoms with van der Waals surface area (Å²) in [6.07, 6.45) is 2.76. The van der Waals surface area contributed by atoms with E-state index in [0.717, 1.165) is 24.2 Å². The normalized spacial score (nSPS) is 22.4. The molecule has 2 aromatic rings. The highest BCUT2D eigenvalue weighted by atomic mass is 16.6. The van der Waals surface area contributed by atoms with Crippen LogP contribution in [0, 0.1) is 27.9 Å². The molecular weight excluding hydrogens is 424 g/mol. The van der Waals surface area contributed by atoms with Crippen LogP contribution in [0.4, 0.5) is 11.4 Å². The maximum Gasteiger partial charge on any atom is 0.338 e. The maximum absolute atomic E-state index is 13.0. The first-order chi connectivity index (χ1) is 15.7. The van der Waals surface area contributed by atoms with Gasteiger partial charge in [0.05, 0.1) is 27.3 Å². The third-order valence-electron chi connectivity index (χ3n) is 6.66. The number of fused-ring (bicyclic) bond motifs is 1. The standard InChI is InChI=1S/C25H26N2O6/c1-14(2)19-10-4-15(3)12-22(19)33-25(30)16-5-11-20-21(13-16)24(29)26(23(20)28)17-6-8-18(9-7-17)27(31)32/h5-9,11,13-15,19,22H,4,10,12H2,1-3H3/t15-,19-,22+/m1/s1. The predicted octanol–water partition coefficient (Wildman–Crippen LogP) is 5.01. The van der Waals surface area contributed by atoms with Gasteiger partial charge in [0.2, 0.25) is 0 Å². The summed E-state index contributed by atoms with van der Waals surface area (Å²) in [6, 6.07) is 9.54.